The first kappa shape index (κ1) is 13.6. The summed E-state index contributed by atoms with van der Waals surface area (Å²) in [5.41, 5.74) is 1.03. The maximum atomic E-state index is 10.6. The highest BCUT2D eigenvalue weighted by atomic mass is 16.5. The SMILES string of the molecule is CC(=O)Oc1ccc(CCO)cc1.CO. The molecular weight excluding hydrogens is 196 g/mol. The number of carbonyl (C=O) groups excluding carboxylic acids is 1. The first-order valence-electron chi connectivity index (χ1n) is 4.55. The number of aliphatic hydroxyl groups is 2. The van der Waals surface area contributed by atoms with Gasteiger partial charge in [0, 0.05) is 20.6 Å². The number of rotatable bonds is 3. The van der Waals surface area contributed by atoms with Gasteiger partial charge in [0.2, 0.25) is 0 Å². The van der Waals surface area contributed by atoms with Gasteiger partial charge in [0.05, 0.1) is 0 Å². The quantitative estimate of drug-likeness (QED) is 0.573. The van der Waals surface area contributed by atoms with Crippen molar-refractivity contribution in [2.75, 3.05) is 13.7 Å². The second-order valence-corrected chi connectivity index (χ2v) is 2.71. The Hall–Kier alpha value is -1.39. The van der Waals surface area contributed by atoms with Crippen LogP contribution in [0, 0.1) is 0 Å². The fraction of sp³-hybridized carbons (Fsp3) is 0.364. The van der Waals surface area contributed by atoms with Crippen LogP contribution in [0.4, 0.5) is 0 Å². The third kappa shape index (κ3) is 5.83. The summed E-state index contributed by atoms with van der Waals surface area (Å²) < 4.78 is 4.85. The fourth-order valence-electron chi connectivity index (χ4n) is 1.02. The first-order valence-corrected chi connectivity index (χ1v) is 4.55. The Morgan fingerprint density at radius 2 is 1.80 bits per heavy atom. The van der Waals surface area contributed by atoms with Gasteiger partial charge in [-0.1, -0.05) is 12.1 Å². The number of benzene rings is 1. The average molecular weight is 212 g/mol. The zero-order valence-electron chi connectivity index (χ0n) is 8.93. The van der Waals surface area contributed by atoms with Crippen LogP contribution in [0.3, 0.4) is 0 Å². The van der Waals surface area contributed by atoms with Crippen LogP contribution < -0.4 is 4.74 Å². The highest BCUT2D eigenvalue weighted by Crippen LogP contribution is 2.12. The van der Waals surface area contributed by atoms with Crippen molar-refractivity contribution in [1.82, 2.24) is 0 Å². The van der Waals surface area contributed by atoms with Crippen LogP contribution in [0.2, 0.25) is 0 Å². The molecule has 0 unspecified atom stereocenters. The van der Waals surface area contributed by atoms with E-state index in [-0.39, 0.29) is 12.6 Å². The number of esters is 1. The normalized spacial score (nSPS) is 8.80. The highest BCUT2D eigenvalue weighted by molar-refractivity contribution is 5.69. The molecule has 15 heavy (non-hydrogen) atoms. The summed E-state index contributed by atoms with van der Waals surface area (Å²) in [6, 6.07) is 7.09. The summed E-state index contributed by atoms with van der Waals surface area (Å²) in [4.78, 5) is 10.6. The molecule has 0 aromatic heterocycles. The fourth-order valence-corrected chi connectivity index (χ4v) is 1.02. The van der Waals surface area contributed by atoms with Crippen molar-refractivity contribution in [3.8, 4) is 5.75 Å². The number of aliphatic hydroxyl groups excluding tert-OH is 2. The Morgan fingerprint density at radius 3 is 2.20 bits per heavy atom. The molecule has 0 aliphatic rings. The Morgan fingerprint density at radius 1 is 1.27 bits per heavy atom. The lowest BCUT2D eigenvalue weighted by molar-refractivity contribution is -0.131. The number of ether oxygens (including phenoxy) is 1. The molecule has 1 aromatic rings. The minimum absolute atomic E-state index is 0.132. The summed E-state index contributed by atoms with van der Waals surface area (Å²) in [5, 5.41) is 15.6. The summed E-state index contributed by atoms with van der Waals surface area (Å²) in [5.74, 6) is 0.212. The minimum atomic E-state index is -0.324. The molecule has 1 aromatic carbocycles. The molecule has 0 spiro atoms. The molecular formula is C11H16O4. The molecule has 0 bridgehead atoms. The molecule has 0 aliphatic heterocycles. The number of carbonyl (C=O) groups is 1. The van der Waals surface area contributed by atoms with Gasteiger partial charge in [0.1, 0.15) is 5.75 Å². The predicted molar refractivity (Wildman–Crippen MR) is 56.7 cm³/mol. The van der Waals surface area contributed by atoms with Gasteiger partial charge >= 0.3 is 5.97 Å². The van der Waals surface area contributed by atoms with E-state index in [0.29, 0.717) is 12.2 Å². The van der Waals surface area contributed by atoms with E-state index in [1.165, 1.54) is 6.92 Å². The maximum Gasteiger partial charge on any atom is 0.308 e. The molecule has 0 amide bonds. The molecule has 4 heteroatoms. The first-order chi connectivity index (χ1) is 7.22. The van der Waals surface area contributed by atoms with E-state index in [0.717, 1.165) is 12.7 Å². The van der Waals surface area contributed by atoms with Crippen molar-refractivity contribution in [1.29, 1.82) is 0 Å². The largest absolute Gasteiger partial charge is 0.427 e. The zero-order chi connectivity index (χ0) is 11.7. The topological polar surface area (TPSA) is 66.8 Å². The van der Waals surface area contributed by atoms with Crippen molar-refractivity contribution in [2.45, 2.75) is 13.3 Å². The molecule has 0 fully saturated rings. The second-order valence-electron chi connectivity index (χ2n) is 2.71. The summed E-state index contributed by atoms with van der Waals surface area (Å²) in [6.07, 6.45) is 0.625. The molecule has 4 nitrogen and oxygen atoms in total. The Bertz CT molecular complexity index is 279. The number of hydrogen-bond donors (Lipinski definition) is 2. The van der Waals surface area contributed by atoms with Gasteiger partial charge in [0.25, 0.3) is 0 Å². The molecule has 0 heterocycles. The van der Waals surface area contributed by atoms with E-state index in [2.05, 4.69) is 0 Å². The van der Waals surface area contributed by atoms with Crippen molar-refractivity contribution in [2.24, 2.45) is 0 Å². The van der Waals surface area contributed by atoms with Gasteiger partial charge < -0.3 is 14.9 Å². The third-order valence-corrected chi connectivity index (χ3v) is 1.59. The van der Waals surface area contributed by atoms with Crippen LogP contribution in [-0.4, -0.2) is 29.9 Å². The Balaban J connectivity index is 0.000000921. The molecule has 1 rings (SSSR count). The summed E-state index contributed by atoms with van der Waals surface area (Å²) >= 11 is 0. The summed E-state index contributed by atoms with van der Waals surface area (Å²) in [7, 11) is 1.00. The van der Waals surface area contributed by atoms with Gasteiger partial charge in [-0.15, -0.1) is 0 Å². The zero-order valence-corrected chi connectivity index (χ0v) is 8.93. The Labute approximate surface area is 89.1 Å². The van der Waals surface area contributed by atoms with Crippen molar-refractivity contribution < 1.29 is 19.7 Å². The van der Waals surface area contributed by atoms with Crippen LogP contribution >= 0.6 is 0 Å². The lowest BCUT2D eigenvalue weighted by atomic mass is 10.1. The van der Waals surface area contributed by atoms with E-state index < -0.39 is 0 Å². The Kier molecular flexibility index (Phi) is 7.23. The molecule has 0 saturated carbocycles. The maximum absolute atomic E-state index is 10.6. The van der Waals surface area contributed by atoms with Gasteiger partial charge in [0.15, 0.2) is 0 Å². The van der Waals surface area contributed by atoms with Crippen LogP contribution in [0.25, 0.3) is 0 Å². The average Bonchev–Trinajstić information content (AvgIpc) is 2.24. The van der Waals surface area contributed by atoms with E-state index in [1.54, 1.807) is 12.1 Å². The second kappa shape index (κ2) is 7.96. The van der Waals surface area contributed by atoms with E-state index in [4.69, 9.17) is 14.9 Å². The van der Waals surface area contributed by atoms with Crippen molar-refractivity contribution in [3.63, 3.8) is 0 Å². The van der Waals surface area contributed by atoms with Crippen LogP contribution in [-0.2, 0) is 11.2 Å². The lowest BCUT2D eigenvalue weighted by Crippen LogP contribution is -2.01. The van der Waals surface area contributed by atoms with E-state index in [9.17, 15) is 4.79 Å². The van der Waals surface area contributed by atoms with Gasteiger partial charge in [-0.3, -0.25) is 4.79 Å². The van der Waals surface area contributed by atoms with E-state index >= 15 is 0 Å². The molecule has 84 valence electrons. The predicted octanol–water partition coefficient (Wildman–Crippen LogP) is 0.755. The molecule has 0 saturated heterocycles. The van der Waals surface area contributed by atoms with Gasteiger partial charge in [-0.25, -0.2) is 0 Å². The highest BCUT2D eigenvalue weighted by Gasteiger charge is 1.97. The lowest BCUT2D eigenvalue weighted by Gasteiger charge is -2.02. The van der Waals surface area contributed by atoms with Gasteiger partial charge in [-0.2, -0.15) is 0 Å². The minimum Gasteiger partial charge on any atom is -0.427 e. The molecule has 0 aliphatic carbocycles. The van der Waals surface area contributed by atoms with Crippen molar-refractivity contribution in [3.05, 3.63) is 29.8 Å². The van der Waals surface area contributed by atoms with Crippen molar-refractivity contribution >= 4 is 5.97 Å². The standard InChI is InChI=1S/C10H12O3.CH4O/c1-8(12)13-10-4-2-9(3-5-10)6-7-11;1-2/h2-5,11H,6-7H2,1H3;2H,1H3. The van der Waals surface area contributed by atoms with Gasteiger partial charge in [-0.05, 0) is 24.1 Å². The van der Waals surface area contributed by atoms with Crippen LogP contribution in [0.15, 0.2) is 24.3 Å². The van der Waals surface area contributed by atoms with Crippen LogP contribution in [0.5, 0.6) is 5.75 Å². The number of hydrogen-bond acceptors (Lipinski definition) is 4. The molecule has 2 N–H and O–H groups in total. The summed E-state index contributed by atoms with van der Waals surface area (Å²) in [6.45, 7) is 1.49. The monoisotopic (exact) mass is 212 g/mol. The molecule has 0 atom stereocenters. The third-order valence-electron chi connectivity index (χ3n) is 1.59. The van der Waals surface area contributed by atoms with E-state index in [1.807, 2.05) is 12.1 Å². The molecule has 0 radical (unpaired) electrons. The van der Waals surface area contributed by atoms with Crippen LogP contribution in [0.1, 0.15) is 12.5 Å². The smallest absolute Gasteiger partial charge is 0.308 e.